The fourth-order valence-corrected chi connectivity index (χ4v) is 2.50. The van der Waals surface area contributed by atoms with E-state index >= 15 is 0 Å². The SMILES string of the molecule is CNCC(C)C(=O)N1CCCC1C(=O)NC1CC1. The highest BCUT2D eigenvalue weighted by Gasteiger charge is 2.37. The lowest BCUT2D eigenvalue weighted by Gasteiger charge is -2.26. The van der Waals surface area contributed by atoms with Crippen LogP contribution in [-0.4, -0.2) is 48.9 Å². The van der Waals surface area contributed by atoms with Crippen molar-refractivity contribution < 1.29 is 9.59 Å². The molecule has 2 fully saturated rings. The molecule has 2 rings (SSSR count). The first kappa shape index (κ1) is 13.3. The molecule has 0 aromatic heterocycles. The average Bonchev–Trinajstić information content (AvgIpc) is 3.02. The van der Waals surface area contributed by atoms with Crippen LogP contribution in [0.5, 0.6) is 0 Å². The van der Waals surface area contributed by atoms with Crippen molar-refractivity contribution >= 4 is 11.8 Å². The van der Waals surface area contributed by atoms with Crippen LogP contribution in [0.1, 0.15) is 32.6 Å². The van der Waals surface area contributed by atoms with Gasteiger partial charge < -0.3 is 15.5 Å². The summed E-state index contributed by atoms with van der Waals surface area (Å²) in [6, 6.07) is 0.127. The largest absolute Gasteiger partial charge is 0.352 e. The fourth-order valence-electron chi connectivity index (χ4n) is 2.50. The van der Waals surface area contributed by atoms with E-state index in [9.17, 15) is 9.59 Å². The Morgan fingerprint density at radius 1 is 1.33 bits per heavy atom. The molecule has 2 amide bonds. The molecule has 1 aliphatic heterocycles. The number of carbonyl (C=O) groups is 2. The van der Waals surface area contributed by atoms with Gasteiger partial charge in [-0.1, -0.05) is 6.92 Å². The topological polar surface area (TPSA) is 61.4 Å². The van der Waals surface area contributed by atoms with Gasteiger partial charge in [0.15, 0.2) is 0 Å². The van der Waals surface area contributed by atoms with E-state index in [1.807, 2.05) is 14.0 Å². The summed E-state index contributed by atoms with van der Waals surface area (Å²) < 4.78 is 0. The smallest absolute Gasteiger partial charge is 0.243 e. The molecule has 2 unspecified atom stereocenters. The molecule has 2 N–H and O–H groups in total. The van der Waals surface area contributed by atoms with Crippen molar-refractivity contribution in [1.82, 2.24) is 15.5 Å². The molecule has 1 saturated heterocycles. The van der Waals surface area contributed by atoms with E-state index in [1.165, 1.54) is 0 Å². The second-order valence-electron chi connectivity index (χ2n) is 5.43. The van der Waals surface area contributed by atoms with E-state index in [0.717, 1.165) is 32.2 Å². The molecule has 0 spiro atoms. The standard InChI is InChI=1S/C13H23N3O2/c1-9(8-14-2)13(18)16-7-3-4-11(16)12(17)15-10-5-6-10/h9-11,14H,3-8H2,1-2H3,(H,15,17). The molecule has 1 saturated carbocycles. The maximum Gasteiger partial charge on any atom is 0.243 e. The Morgan fingerprint density at radius 2 is 2.06 bits per heavy atom. The first-order chi connectivity index (χ1) is 8.63. The summed E-state index contributed by atoms with van der Waals surface area (Å²) >= 11 is 0. The number of amides is 2. The van der Waals surface area contributed by atoms with E-state index in [2.05, 4.69) is 10.6 Å². The summed E-state index contributed by atoms with van der Waals surface area (Å²) in [5.74, 6) is 0.0714. The van der Waals surface area contributed by atoms with Gasteiger partial charge in [-0.2, -0.15) is 0 Å². The summed E-state index contributed by atoms with van der Waals surface area (Å²) in [5.41, 5.74) is 0. The zero-order valence-electron chi connectivity index (χ0n) is 11.2. The minimum absolute atomic E-state index is 0.0417. The van der Waals surface area contributed by atoms with Crippen LogP contribution < -0.4 is 10.6 Å². The van der Waals surface area contributed by atoms with Crippen LogP contribution >= 0.6 is 0 Å². The molecule has 0 aromatic carbocycles. The summed E-state index contributed by atoms with van der Waals surface area (Å²) in [6.45, 7) is 3.29. The van der Waals surface area contributed by atoms with E-state index in [4.69, 9.17) is 0 Å². The number of hydrogen-bond donors (Lipinski definition) is 2. The maximum atomic E-state index is 12.3. The van der Waals surface area contributed by atoms with Crippen LogP contribution in [-0.2, 0) is 9.59 Å². The van der Waals surface area contributed by atoms with Crippen LogP contribution in [0, 0.1) is 5.92 Å². The number of rotatable bonds is 5. The van der Waals surface area contributed by atoms with Gasteiger partial charge in [-0.15, -0.1) is 0 Å². The Hall–Kier alpha value is -1.10. The molecule has 1 heterocycles. The number of nitrogens with one attached hydrogen (secondary N) is 2. The molecule has 0 aromatic rings. The van der Waals surface area contributed by atoms with Crippen molar-refractivity contribution in [2.45, 2.75) is 44.7 Å². The van der Waals surface area contributed by atoms with Crippen LogP contribution in [0.3, 0.4) is 0 Å². The van der Waals surface area contributed by atoms with E-state index in [-0.39, 0.29) is 23.8 Å². The van der Waals surface area contributed by atoms with Crippen molar-refractivity contribution in [2.24, 2.45) is 5.92 Å². The van der Waals surface area contributed by atoms with Gasteiger partial charge in [0.1, 0.15) is 6.04 Å². The molecular formula is C13H23N3O2. The Balaban J connectivity index is 1.93. The van der Waals surface area contributed by atoms with Crippen LogP contribution in [0.15, 0.2) is 0 Å². The van der Waals surface area contributed by atoms with Gasteiger partial charge >= 0.3 is 0 Å². The van der Waals surface area contributed by atoms with Gasteiger partial charge in [0.2, 0.25) is 11.8 Å². The highest BCUT2D eigenvalue weighted by molar-refractivity contribution is 5.89. The fraction of sp³-hybridized carbons (Fsp3) is 0.846. The zero-order chi connectivity index (χ0) is 13.1. The summed E-state index contributed by atoms with van der Waals surface area (Å²) in [7, 11) is 1.84. The van der Waals surface area contributed by atoms with Crippen molar-refractivity contribution in [3.63, 3.8) is 0 Å². The third kappa shape index (κ3) is 3.02. The third-order valence-electron chi connectivity index (χ3n) is 3.69. The van der Waals surface area contributed by atoms with Crippen molar-refractivity contribution in [1.29, 1.82) is 0 Å². The quantitative estimate of drug-likeness (QED) is 0.731. The van der Waals surface area contributed by atoms with Crippen LogP contribution in [0.25, 0.3) is 0 Å². The monoisotopic (exact) mass is 253 g/mol. The minimum atomic E-state index is -0.239. The van der Waals surface area contributed by atoms with Crippen LogP contribution in [0.2, 0.25) is 0 Å². The van der Waals surface area contributed by atoms with Gasteiger partial charge in [0, 0.05) is 25.0 Å². The molecular weight excluding hydrogens is 230 g/mol. The molecule has 18 heavy (non-hydrogen) atoms. The first-order valence-corrected chi connectivity index (χ1v) is 6.89. The van der Waals surface area contributed by atoms with Gasteiger partial charge in [-0.25, -0.2) is 0 Å². The van der Waals surface area contributed by atoms with Crippen molar-refractivity contribution in [3.05, 3.63) is 0 Å². The normalized spacial score (nSPS) is 25.0. The molecule has 2 aliphatic rings. The second-order valence-corrected chi connectivity index (χ2v) is 5.43. The molecule has 2 atom stereocenters. The van der Waals surface area contributed by atoms with Gasteiger partial charge in [-0.05, 0) is 32.7 Å². The number of likely N-dealkylation sites (tertiary alicyclic amines) is 1. The Morgan fingerprint density at radius 3 is 2.67 bits per heavy atom. The molecule has 0 radical (unpaired) electrons. The molecule has 102 valence electrons. The lowest BCUT2D eigenvalue weighted by atomic mass is 10.1. The minimum Gasteiger partial charge on any atom is -0.352 e. The Bertz CT molecular complexity index is 328. The average molecular weight is 253 g/mol. The Labute approximate surface area is 108 Å². The number of hydrogen-bond acceptors (Lipinski definition) is 3. The molecule has 1 aliphatic carbocycles. The zero-order valence-corrected chi connectivity index (χ0v) is 11.2. The van der Waals surface area contributed by atoms with Gasteiger partial charge in [0.25, 0.3) is 0 Å². The number of carbonyl (C=O) groups excluding carboxylic acids is 2. The van der Waals surface area contributed by atoms with E-state index in [1.54, 1.807) is 4.90 Å². The highest BCUT2D eigenvalue weighted by Crippen LogP contribution is 2.23. The molecule has 0 bridgehead atoms. The highest BCUT2D eigenvalue weighted by atomic mass is 16.2. The first-order valence-electron chi connectivity index (χ1n) is 6.89. The molecule has 5 heteroatoms. The van der Waals surface area contributed by atoms with E-state index < -0.39 is 0 Å². The molecule has 5 nitrogen and oxygen atoms in total. The second kappa shape index (κ2) is 5.69. The predicted octanol–water partition coefficient (Wildman–Crippen LogP) is 0.112. The van der Waals surface area contributed by atoms with Crippen LogP contribution in [0.4, 0.5) is 0 Å². The van der Waals surface area contributed by atoms with Crippen molar-refractivity contribution in [3.8, 4) is 0 Å². The van der Waals surface area contributed by atoms with E-state index in [0.29, 0.717) is 12.6 Å². The summed E-state index contributed by atoms with van der Waals surface area (Å²) in [5, 5.41) is 6.01. The summed E-state index contributed by atoms with van der Waals surface area (Å²) in [6.07, 6.45) is 3.91. The maximum absolute atomic E-state index is 12.3. The summed E-state index contributed by atoms with van der Waals surface area (Å²) in [4.78, 5) is 26.1. The number of nitrogens with zero attached hydrogens (tertiary/aromatic N) is 1. The predicted molar refractivity (Wildman–Crippen MR) is 69.0 cm³/mol. The third-order valence-corrected chi connectivity index (χ3v) is 3.69. The lowest BCUT2D eigenvalue weighted by Crippen LogP contribution is -2.49. The Kier molecular flexibility index (Phi) is 4.22. The van der Waals surface area contributed by atoms with Crippen molar-refractivity contribution in [2.75, 3.05) is 20.1 Å². The van der Waals surface area contributed by atoms with Gasteiger partial charge in [-0.3, -0.25) is 9.59 Å². The lowest BCUT2D eigenvalue weighted by molar-refractivity contribution is -0.141. The van der Waals surface area contributed by atoms with Gasteiger partial charge in [0.05, 0.1) is 0 Å².